The highest BCUT2D eigenvalue weighted by Gasteiger charge is 2.09. The summed E-state index contributed by atoms with van der Waals surface area (Å²) < 4.78 is 3.76. The quantitative estimate of drug-likeness (QED) is 0.477. The number of carbonyl (C=O) groups is 1. The molecule has 0 aliphatic heterocycles. The molecule has 1 N–H and O–H groups in total. The molecule has 152 valence electrons. The number of rotatable bonds is 7. The first kappa shape index (κ1) is 19.6. The topological polar surface area (TPSA) is 64.7 Å². The second kappa shape index (κ2) is 8.78. The molecule has 0 fully saturated rings. The molecule has 0 aliphatic rings. The van der Waals surface area contributed by atoms with E-state index in [0.717, 1.165) is 35.6 Å². The fourth-order valence-corrected chi connectivity index (χ4v) is 3.43. The Bertz CT molecular complexity index is 1130. The predicted octanol–water partition coefficient (Wildman–Crippen LogP) is 4.04. The van der Waals surface area contributed by atoms with E-state index in [1.165, 1.54) is 5.56 Å². The first-order valence-electron chi connectivity index (χ1n) is 10.1. The van der Waals surface area contributed by atoms with Gasteiger partial charge < -0.3 is 5.32 Å². The maximum absolute atomic E-state index is 12.4. The summed E-state index contributed by atoms with van der Waals surface area (Å²) in [5.74, 6) is -0.0598. The van der Waals surface area contributed by atoms with Crippen LogP contribution in [0.5, 0.6) is 0 Å². The molecule has 0 unspecified atom stereocenters. The van der Waals surface area contributed by atoms with Crippen molar-refractivity contribution in [2.45, 2.75) is 26.7 Å². The zero-order valence-electron chi connectivity index (χ0n) is 17.2. The van der Waals surface area contributed by atoms with Crippen molar-refractivity contribution in [2.75, 3.05) is 6.54 Å². The number of nitrogens with one attached hydrogen (secondary N) is 1. The number of nitrogens with zero attached hydrogens (tertiary/aromatic N) is 4. The number of carbonyl (C=O) groups excluding carboxylic acids is 1. The zero-order valence-corrected chi connectivity index (χ0v) is 17.2. The molecule has 0 aliphatic carbocycles. The van der Waals surface area contributed by atoms with Crippen molar-refractivity contribution in [2.24, 2.45) is 0 Å². The van der Waals surface area contributed by atoms with Gasteiger partial charge in [-0.3, -0.25) is 4.79 Å². The van der Waals surface area contributed by atoms with Gasteiger partial charge in [-0.25, -0.2) is 9.36 Å². The minimum Gasteiger partial charge on any atom is -0.352 e. The van der Waals surface area contributed by atoms with Crippen molar-refractivity contribution in [1.29, 1.82) is 0 Å². The fourth-order valence-electron chi connectivity index (χ4n) is 3.43. The fraction of sp³-hybridized carbons (Fsp3) is 0.208. The molecule has 0 radical (unpaired) electrons. The van der Waals surface area contributed by atoms with Crippen molar-refractivity contribution in [3.05, 3.63) is 95.6 Å². The molecule has 0 saturated heterocycles. The Morgan fingerprint density at radius 1 is 0.967 bits per heavy atom. The van der Waals surface area contributed by atoms with Crippen LogP contribution in [-0.4, -0.2) is 32.0 Å². The third-order valence-corrected chi connectivity index (χ3v) is 5.14. The smallest absolute Gasteiger partial charge is 0.251 e. The molecule has 2 aromatic carbocycles. The summed E-state index contributed by atoms with van der Waals surface area (Å²) in [5.41, 5.74) is 5.92. The highest BCUT2D eigenvalue weighted by Crippen LogP contribution is 2.14. The van der Waals surface area contributed by atoms with Crippen LogP contribution in [0.3, 0.4) is 0 Å². The summed E-state index contributed by atoms with van der Waals surface area (Å²) in [6.45, 7) is 4.64. The Morgan fingerprint density at radius 2 is 1.73 bits per heavy atom. The van der Waals surface area contributed by atoms with E-state index in [-0.39, 0.29) is 5.91 Å². The van der Waals surface area contributed by atoms with E-state index in [0.29, 0.717) is 12.1 Å². The van der Waals surface area contributed by atoms with E-state index >= 15 is 0 Å². The molecule has 4 aromatic rings. The lowest BCUT2D eigenvalue weighted by Crippen LogP contribution is -2.24. The molecule has 0 atom stereocenters. The molecule has 2 heterocycles. The molecule has 0 bridgehead atoms. The van der Waals surface area contributed by atoms with Crippen molar-refractivity contribution in [3.63, 3.8) is 0 Å². The first-order chi connectivity index (χ1) is 14.6. The van der Waals surface area contributed by atoms with Gasteiger partial charge in [-0.2, -0.15) is 10.2 Å². The lowest BCUT2D eigenvalue weighted by atomic mass is 10.1. The third kappa shape index (κ3) is 4.33. The molecule has 4 rings (SSSR count). The number of amides is 1. The monoisotopic (exact) mass is 399 g/mol. The molecule has 30 heavy (non-hydrogen) atoms. The number of hydrogen-bond donors (Lipinski definition) is 1. The minimum atomic E-state index is -0.0598. The largest absolute Gasteiger partial charge is 0.352 e. The van der Waals surface area contributed by atoms with Crippen LogP contribution in [-0.2, 0) is 6.42 Å². The number of aromatic nitrogens is 4. The Morgan fingerprint density at radius 3 is 2.43 bits per heavy atom. The van der Waals surface area contributed by atoms with Gasteiger partial charge in [-0.05, 0) is 74.7 Å². The van der Waals surface area contributed by atoms with E-state index in [1.54, 1.807) is 6.20 Å². The molecule has 1 amide bonds. The average Bonchev–Trinajstić information content (AvgIpc) is 3.37. The van der Waals surface area contributed by atoms with Crippen LogP contribution in [0.15, 0.2) is 73.1 Å². The second-order valence-corrected chi connectivity index (χ2v) is 7.31. The first-order valence-corrected chi connectivity index (χ1v) is 10.1. The Kier molecular flexibility index (Phi) is 5.75. The van der Waals surface area contributed by atoms with Crippen molar-refractivity contribution < 1.29 is 4.79 Å². The number of para-hydroxylation sites is 1. The van der Waals surface area contributed by atoms with Gasteiger partial charge in [0.05, 0.1) is 17.1 Å². The van der Waals surface area contributed by atoms with E-state index in [2.05, 4.69) is 21.7 Å². The van der Waals surface area contributed by atoms with Gasteiger partial charge in [0, 0.05) is 30.2 Å². The molecule has 2 aromatic heterocycles. The van der Waals surface area contributed by atoms with Crippen LogP contribution in [0.25, 0.3) is 11.4 Å². The van der Waals surface area contributed by atoms with Crippen molar-refractivity contribution >= 4 is 5.91 Å². The summed E-state index contributed by atoms with van der Waals surface area (Å²) in [6.07, 6.45) is 5.57. The van der Waals surface area contributed by atoms with Gasteiger partial charge in [0.1, 0.15) is 0 Å². The highest BCUT2D eigenvalue weighted by molar-refractivity contribution is 5.94. The van der Waals surface area contributed by atoms with Crippen LogP contribution in [0, 0.1) is 13.8 Å². The zero-order chi connectivity index (χ0) is 20.9. The van der Waals surface area contributed by atoms with Gasteiger partial charge in [-0.1, -0.05) is 18.2 Å². The van der Waals surface area contributed by atoms with Gasteiger partial charge in [0.2, 0.25) is 0 Å². The molecule has 6 nitrogen and oxygen atoms in total. The van der Waals surface area contributed by atoms with Crippen molar-refractivity contribution in [3.8, 4) is 11.4 Å². The van der Waals surface area contributed by atoms with Crippen LogP contribution in [0.2, 0.25) is 0 Å². The van der Waals surface area contributed by atoms with Crippen molar-refractivity contribution in [1.82, 2.24) is 24.9 Å². The van der Waals surface area contributed by atoms with E-state index in [4.69, 9.17) is 0 Å². The lowest BCUT2D eigenvalue weighted by molar-refractivity contribution is 0.0953. The SMILES string of the molecule is Cc1nn(-c2ccccc2)cc1CCCNC(=O)c1ccc(-n2nccc2C)cc1. The van der Waals surface area contributed by atoms with Crippen LogP contribution >= 0.6 is 0 Å². The summed E-state index contributed by atoms with van der Waals surface area (Å²) in [5, 5.41) is 11.9. The Balaban J connectivity index is 1.29. The van der Waals surface area contributed by atoms with Gasteiger partial charge in [0.15, 0.2) is 0 Å². The Hall–Kier alpha value is -3.67. The van der Waals surface area contributed by atoms with Gasteiger partial charge in [0.25, 0.3) is 5.91 Å². The second-order valence-electron chi connectivity index (χ2n) is 7.31. The summed E-state index contributed by atoms with van der Waals surface area (Å²) in [4.78, 5) is 12.4. The Labute approximate surface area is 176 Å². The van der Waals surface area contributed by atoms with Crippen LogP contribution in [0.1, 0.15) is 33.7 Å². The molecule has 0 saturated carbocycles. The highest BCUT2D eigenvalue weighted by atomic mass is 16.1. The minimum absolute atomic E-state index is 0.0598. The van der Waals surface area contributed by atoms with Gasteiger partial charge in [-0.15, -0.1) is 0 Å². The van der Waals surface area contributed by atoms with Crippen LogP contribution < -0.4 is 5.32 Å². The normalized spacial score (nSPS) is 10.9. The summed E-state index contributed by atoms with van der Waals surface area (Å²) >= 11 is 0. The summed E-state index contributed by atoms with van der Waals surface area (Å²) in [6, 6.07) is 19.5. The third-order valence-electron chi connectivity index (χ3n) is 5.14. The van der Waals surface area contributed by atoms with Crippen LogP contribution in [0.4, 0.5) is 0 Å². The van der Waals surface area contributed by atoms with E-state index in [9.17, 15) is 4.79 Å². The summed E-state index contributed by atoms with van der Waals surface area (Å²) in [7, 11) is 0. The maximum Gasteiger partial charge on any atom is 0.251 e. The molecule has 6 heteroatoms. The molecular formula is C24H25N5O. The number of aryl methyl sites for hydroxylation is 3. The van der Waals surface area contributed by atoms with E-state index < -0.39 is 0 Å². The average molecular weight is 399 g/mol. The van der Waals surface area contributed by atoms with Gasteiger partial charge >= 0.3 is 0 Å². The number of benzene rings is 2. The molecule has 0 spiro atoms. The number of hydrogen-bond acceptors (Lipinski definition) is 3. The lowest BCUT2D eigenvalue weighted by Gasteiger charge is -2.07. The van der Waals surface area contributed by atoms with E-state index in [1.807, 2.05) is 83.9 Å². The maximum atomic E-state index is 12.4. The standard InChI is InChI=1S/C24H25N5O/c1-18-14-16-26-29(18)23-12-10-20(11-13-23)24(30)25-15-6-7-21-17-28(27-19(21)2)22-8-4-3-5-9-22/h3-5,8-14,16-17H,6-7,15H2,1-2H3,(H,25,30). The predicted molar refractivity (Wildman–Crippen MR) is 117 cm³/mol. The molecular weight excluding hydrogens is 374 g/mol.